The molecule has 0 aromatic carbocycles. The topological polar surface area (TPSA) is 129 Å². The highest BCUT2D eigenvalue weighted by Crippen LogP contribution is 2.23. The number of hydrogen-bond acceptors (Lipinski definition) is 7. The molecule has 3 aromatic rings. The summed E-state index contributed by atoms with van der Waals surface area (Å²) in [5.74, 6) is -0.0858. The number of nitrogens with zero attached hydrogens (tertiary/aromatic N) is 4. The quantitative estimate of drug-likeness (QED) is 0.382. The normalized spacial score (nSPS) is 15.9. The van der Waals surface area contributed by atoms with Crippen molar-refractivity contribution in [1.29, 1.82) is 0 Å². The predicted octanol–water partition coefficient (Wildman–Crippen LogP) is 4.29. The number of pyridine rings is 3. The third kappa shape index (κ3) is 8.45. The zero-order chi connectivity index (χ0) is 28.3. The van der Waals surface area contributed by atoms with Crippen molar-refractivity contribution in [2.75, 3.05) is 36.8 Å². The first-order chi connectivity index (χ1) is 19.4. The molecular weight excluding hydrogens is 553 g/mol. The molecule has 2 saturated heterocycles. The first-order valence-corrected chi connectivity index (χ1v) is 13.9. The molecule has 3 N–H and O–H groups in total. The second-order valence-corrected chi connectivity index (χ2v) is 10.3. The Morgan fingerprint density at radius 3 is 2.08 bits per heavy atom. The van der Waals surface area contributed by atoms with Gasteiger partial charge < -0.3 is 20.9 Å². The van der Waals surface area contributed by atoms with E-state index < -0.39 is 0 Å². The molecule has 3 amide bonds. The monoisotopic (exact) mass is 583 g/mol. The second-order valence-electron chi connectivity index (χ2n) is 9.51. The van der Waals surface area contributed by atoms with E-state index in [4.69, 9.17) is 23.2 Å². The Morgan fingerprint density at radius 2 is 1.43 bits per heavy atom. The first kappa shape index (κ1) is 29.4. The van der Waals surface area contributed by atoms with Gasteiger partial charge in [0.1, 0.15) is 10.3 Å². The van der Waals surface area contributed by atoms with Gasteiger partial charge in [0.15, 0.2) is 0 Å². The molecule has 10 nitrogen and oxygen atoms in total. The van der Waals surface area contributed by atoms with Crippen LogP contribution < -0.4 is 16.0 Å². The number of nitrogens with one attached hydrogen (secondary N) is 3. The molecule has 0 saturated carbocycles. The van der Waals surface area contributed by atoms with Crippen LogP contribution in [0.2, 0.25) is 10.3 Å². The summed E-state index contributed by atoms with van der Waals surface area (Å²) in [6.07, 6.45) is 9.44. The Kier molecular flexibility index (Phi) is 10.8. The van der Waals surface area contributed by atoms with Crippen molar-refractivity contribution in [2.24, 2.45) is 11.8 Å². The van der Waals surface area contributed by atoms with E-state index in [0.717, 1.165) is 31.6 Å². The maximum atomic E-state index is 12.5. The molecule has 0 spiro atoms. The lowest BCUT2D eigenvalue weighted by Crippen LogP contribution is -2.41. The molecule has 3 aromatic heterocycles. The maximum absolute atomic E-state index is 12.5. The summed E-state index contributed by atoms with van der Waals surface area (Å²) in [4.78, 5) is 50.1. The van der Waals surface area contributed by atoms with E-state index in [0.29, 0.717) is 42.3 Å². The summed E-state index contributed by atoms with van der Waals surface area (Å²) in [6.45, 7) is 2.88. The third-order valence-electron chi connectivity index (χ3n) is 6.79. The number of likely N-dealkylation sites (tertiary alicyclic amines) is 1. The van der Waals surface area contributed by atoms with Gasteiger partial charge in [0.25, 0.3) is 5.91 Å². The summed E-state index contributed by atoms with van der Waals surface area (Å²) in [6, 6.07) is 10.3. The molecule has 0 aliphatic carbocycles. The van der Waals surface area contributed by atoms with Crippen LogP contribution in [0, 0.1) is 11.8 Å². The molecule has 0 atom stereocenters. The molecule has 2 aliphatic rings. The fraction of sp³-hybridized carbons (Fsp3) is 0.357. The van der Waals surface area contributed by atoms with Gasteiger partial charge in [-0.2, -0.15) is 0 Å². The number of amides is 3. The lowest BCUT2D eigenvalue weighted by molar-refractivity contribution is -0.121. The first-order valence-electron chi connectivity index (χ1n) is 13.1. The zero-order valence-corrected chi connectivity index (χ0v) is 23.4. The fourth-order valence-electron chi connectivity index (χ4n) is 4.55. The molecule has 40 heavy (non-hydrogen) atoms. The van der Waals surface area contributed by atoms with Crippen LogP contribution in [0.4, 0.5) is 11.4 Å². The van der Waals surface area contributed by atoms with Crippen molar-refractivity contribution in [3.63, 3.8) is 0 Å². The molecule has 5 rings (SSSR count). The molecule has 0 bridgehead atoms. The van der Waals surface area contributed by atoms with E-state index >= 15 is 0 Å². The molecular formula is C28H31Cl2N7O3. The van der Waals surface area contributed by atoms with Crippen molar-refractivity contribution in [2.45, 2.75) is 25.7 Å². The van der Waals surface area contributed by atoms with E-state index in [1.807, 2.05) is 0 Å². The van der Waals surface area contributed by atoms with Crippen LogP contribution in [-0.4, -0.2) is 63.8 Å². The molecule has 2 fully saturated rings. The summed E-state index contributed by atoms with van der Waals surface area (Å²) in [5, 5.41) is 9.58. The number of hydrogen-bond donors (Lipinski definition) is 3. The molecule has 0 radical (unpaired) electrons. The lowest BCUT2D eigenvalue weighted by atomic mass is 9.95. The van der Waals surface area contributed by atoms with Gasteiger partial charge in [-0.05, 0) is 75.2 Å². The Bertz CT molecular complexity index is 1300. The highest BCUT2D eigenvalue weighted by Gasteiger charge is 2.28. The Morgan fingerprint density at radius 1 is 0.800 bits per heavy atom. The van der Waals surface area contributed by atoms with Crippen molar-refractivity contribution in [3.8, 4) is 0 Å². The summed E-state index contributed by atoms with van der Waals surface area (Å²) in [5.41, 5.74) is 1.85. The maximum Gasteiger partial charge on any atom is 0.256 e. The molecule has 2 aliphatic heterocycles. The van der Waals surface area contributed by atoms with E-state index in [2.05, 4.69) is 30.9 Å². The Balaban J connectivity index is 0.000000201. The number of piperidine rings is 2. The van der Waals surface area contributed by atoms with Crippen LogP contribution in [0.5, 0.6) is 0 Å². The van der Waals surface area contributed by atoms with Gasteiger partial charge in [-0.25, -0.2) is 9.97 Å². The van der Waals surface area contributed by atoms with Gasteiger partial charge in [-0.3, -0.25) is 19.4 Å². The van der Waals surface area contributed by atoms with Crippen LogP contribution in [0.1, 0.15) is 36.0 Å². The van der Waals surface area contributed by atoms with Crippen molar-refractivity contribution < 1.29 is 14.4 Å². The Labute approximate surface area is 242 Å². The number of halogens is 2. The highest BCUT2D eigenvalue weighted by molar-refractivity contribution is 6.32. The van der Waals surface area contributed by atoms with E-state index in [1.54, 1.807) is 66.1 Å². The summed E-state index contributed by atoms with van der Waals surface area (Å²) in [7, 11) is 0. The van der Waals surface area contributed by atoms with Crippen LogP contribution in [0.3, 0.4) is 0 Å². The van der Waals surface area contributed by atoms with Gasteiger partial charge in [-0.15, -0.1) is 0 Å². The number of aromatic nitrogens is 3. The average Bonchev–Trinajstić information content (AvgIpc) is 2.98. The summed E-state index contributed by atoms with van der Waals surface area (Å²) < 4.78 is 0. The lowest BCUT2D eigenvalue weighted by Gasteiger charge is -2.31. The third-order valence-corrected chi connectivity index (χ3v) is 7.30. The van der Waals surface area contributed by atoms with E-state index in [1.165, 1.54) is 0 Å². The minimum absolute atomic E-state index is 0.0206. The SMILES string of the molecule is O=C(Nc1ccnc(Cl)c1)C1CCNCC1.O=C(Nc1ccncc1)C1CCN(C(=O)c2cccnc2Cl)CC1. The smallest absolute Gasteiger partial charge is 0.256 e. The van der Waals surface area contributed by atoms with Gasteiger partial charge in [-0.1, -0.05) is 23.2 Å². The molecule has 210 valence electrons. The van der Waals surface area contributed by atoms with Gasteiger partial charge in [0.05, 0.1) is 5.56 Å². The number of anilines is 2. The average molecular weight is 585 g/mol. The van der Waals surface area contributed by atoms with Crippen molar-refractivity contribution in [1.82, 2.24) is 25.2 Å². The van der Waals surface area contributed by atoms with E-state index in [-0.39, 0.29) is 34.7 Å². The predicted molar refractivity (Wildman–Crippen MR) is 154 cm³/mol. The Hall–Kier alpha value is -3.60. The van der Waals surface area contributed by atoms with Crippen molar-refractivity contribution >= 4 is 52.3 Å². The summed E-state index contributed by atoms with van der Waals surface area (Å²) >= 11 is 11.7. The van der Waals surface area contributed by atoms with Crippen LogP contribution in [0.25, 0.3) is 0 Å². The van der Waals surface area contributed by atoms with Gasteiger partial charge in [0, 0.05) is 61.1 Å². The minimum atomic E-state index is -0.138. The van der Waals surface area contributed by atoms with Crippen LogP contribution in [-0.2, 0) is 9.59 Å². The van der Waals surface area contributed by atoms with Crippen LogP contribution in [0.15, 0.2) is 61.2 Å². The number of carbonyl (C=O) groups excluding carboxylic acids is 3. The zero-order valence-electron chi connectivity index (χ0n) is 21.9. The number of rotatable bonds is 5. The highest BCUT2D eigenvalue weighted by atomic mass is 35.5. The standard InChI is InChI=1S/C17H17ClN4O2.C11H14ClN3O/c18-15-14(2-1-7-20-15)17(24)22-10-5-12(6-11-22)16(23)21-13-3-8-19-9-4-13;12-10-7-9(3-6-14-10)15-11(16)8-1-4-13-5-2-8/h1-4,7-9,12H,5-6,10-11H2,(H,19,21,23);3,6-8,13H,1-2,4-5H2,(H,14,15,16). The van der Waals surface area contributed by atoms with Gasteiger partial charge >= 0.3 is 0 Å². The number of carbonyl (C=O) groups is 3. The molecule has 5 heterocycles. The minimum Gasteiger partial charge on any atom is -0.339 e. The molecule has 12 heteroatoms. The second kappa shape index (κ2) is 14.7. The van der Waals surface area contributed by atoms with Crippen molar-refractivity contribution in [3.05, 3.63) is 77.1 Å². The largest absolute Gasteiger partial charge is 0.339 e. The van der Waals surface area contributed by atoms with Gasteiger partial charge in [0.2, 0.25) is 11.8 Å². The fourth-order valence-corrected chi connectivity index (χ4v) is 4.92. The van der Waals surface area contributed by atoms with Crippen LogP contribution >= 0.6 is 23.2 Å². The van der Waals surface area contributed by atoms with E-state index in [9.17, 15) is 14.4 Å². The molecule has 0 unspecified atom stereocenters.